The highest BCUT2D eigenvalue weighted by atomic mass is 79.9. The molecule has 1 aliphatic heterocycles. The predicted octanol–water partition coefficient (Wildman–Crippen LogP) is 2.91. The number of piperidine rings is 1. The third-order valence-corrected chi connectivity index (χ3v) is 4.25. The van der Waals surface area contributed by atoms with Crippen LogP contribution in [-0.2, 0) is 6.54 Å². The molecule has 0 bridgehead atoms. The molecule has 3 nitrogen and oxygen atoms in total. The van der Waals surface area contributed by atoms with Crippen molar-refractivity contribution in [3.05, 3.63) is 28.2 Å². The van der Waals surface area contributed by atoms with E-state index in [0.717, 1.165) is 30.5 Å². The monoisotopic (exact) mass is 326 g/mol. The number of nitrogens with zero attached hydrogens (tertiary/aromatic N) is 1. The Labute approximate surface area is 124 Å². The van der Waals surface area contributed by atoms with Gasteiger partial charge in [-0.15, -0.1) is 0 Å². The predicted molar refractivity (Wildman–Crippen MR) is 83.6 cm³/mol. The van der Waals surface area contributed by atoms with E-state index in [9.17, 15) is 5.11 Å². The fourth-order valence-corrected chi connectivity index (χ4v) is 3.15. The van der Waals surface area contributed by atoms with Gasteiger partial charge in [0, 0.05) is 23.2 Å². The Morgan fingerprint density at radius 1 is 1.42 bits per heavy atom. The van der Waals surface area contributed by atoms with Crippen molar-refractivity contribution in [3.8, 4) is 0 Å². The van der Waals surface area contributed by atoms with E-state index in [2.05, 4.69) is 51.3 Å². The summed E-state index contributed by atoms with van der Waals surface area (Å²) in [7, 11) is 0. The molecular formula is C15H23BrN2O. The fourth-order valence-electron chi connectivity index (χ4n) is 2.74. The van der Waals surface area contributed by atoms with Gasteiger partial charge in [-0.1, -0.05) is 22.9 Å². The summed E-state index contributed by atoms with van der Waals surface area (Å²) in [6, 6.07) is 6.72. The highest BCUT2D eigenvalue weighted by molar-refractivity contribution is 9.10. The summed E-state index contributed by atoms with van der Waals surface area (Å²) in [6.45, 7) is 5.26. The number of rotatable bonds is 5. The van der Waals surface area contributed by atoms with Gasteiger partial charge in [0.2, 0.25) is 0 Å². The summed E-state index contributed by atoms with van der Waals surface area (Å²) in [5, 5.41) is 13.0. The van der Waals surface area contributed by atoms with Gasteiger partial charge in [-0.3, -0.25) is 0 Å². The Balaban J connectivity index is 2.25. The molecule has 106 valence electrons. The van der Waals surface area contributed by atoms with Crippen LogP contribution in [0.4, 0.5) is 5.69 Å². The number of halogens is 1. The zero-order valence-corrected chi connectivity index (χ0v) is 13.1. The van der Waals surface area contributed by atoms with Gasteiger partial charge in [-0.2, -0.15) is 0 Å². The van der Waals surface area contributed by atoms with Crippen LogP contribution in [0.2, 0.25) is 0 Å². The van der Waals surface area contributed by atoms with E-state index >= 15 is 0 Å². The van der Waals surface area contributed by atoms with Crippen LogP contribution >= 0.6 is 15.9 Å². The van der Waals surface area contributed by atoms with Crippen LogP contribution in [-0.4, -0.2) is 30.8 Å². The van der Waals surface area contributed by atoms with E-state index in [1.165, 1.54) is 24.1 Å². The third kappa shape index (κ3) is 3.71. The van der Waals surface area contributed by atoms with E-state index in [0.29, 0.717) is 0 Å². The van der Waals surface area contributed by atoms with Crippen LogP contribution in [0.3, 0.4) is 0 Å². The molecule has 0 spiro atoms. The fraction of sp³-hybridized carbons (Fsp3) is 0.600. The second kappa shape index (κ2) is 7.27. The van der Waals surface area contributed by atoms with Crippen molar-refractivity contribution in [1.29, 1.82) is 0 Å². The van der Waals surface area contributed by atoms with Gasteiger partial charge in [0.1, 0.15) is 0 Å². The number of aliphatic hydroxyl groups excluding tert-OH is 1. The molecule has 0 aliphatic carbocycles. The molecule has 2 N–H and O–H groups in total. The van der Waals surface area contributed by atoms with Crippen LogP contribution in [0, 0.1) is 0 Å². The lowest BCUT2D eigenvalue weighted by Crippen LogP contribution is -2.42. The van der Waals surface area contributed by atoms with E-state index in [4.69, 9.17) is 0 Å². The molecule has 1 saturated heterocycles. The minimum absolute atomic E-state index is 0.247. The first-order valence-corrected chi connectivity index (χ1v) is 7.92. The molecule has 0 aromatic heterocycles. The molecular weight excluding hydrogens is 304 g/mol. The third-order valence-electron chi connectivity index (χ3n) is 3.75. The summed E-state index contributed by atoms with van der Waals surface area (Å²) in [5.41, 5.74) is 2.57. The largest absolute Gasteiger partial charge is 0.394 e. The second-order valence-corrected chi connectivity index (χ2v) is 5.99. The highest BCUT2D eigenvalue weighted by Crippen LogP contribution is 2.30. The maximum Gasteiger partial charge on any atom is 0.0635 e. The number of aliphatic hydroxyl groups is 1. The summed E-state index contributed by atoms with van der Waals surface area (Å²) < 4.78 is 1.11. The van der Waals surface area contributed by atoms with E-state index in [-0.39, 0.29) is 12.6 Å². The van der Waals surface area contributed by atoms with Gasteiger partial charge in [-0.05, 0) is 49.6 Å². The molecule has 1 unspecified atom stereocenters. The Kier molecular flexibility index (Phi) is 5.67. The second-order valence-electron chi connectivity index (χ2n) is 5.08. The van der Waals surface area contributed by atoms with Crippen LogP contribution in [0.1, 0.15) is 31.7 Å². The van der Waals surface area contributed by atoms with Gasteiger partial charge in [0.15, 0.2) is 0 Å². The molecule has 1 heterocycles. The van der Waals surface area contributed by atoms with Gasteiger partial charge in [-0.25, -0.2) is 0 Å². The van der Waals surface area contributed by atoms with E-state index in [1.54, 1.807) is 0 Å². The first-order valence-electron chi connectivity index (χ1n) is 7.13. The van der Waals surface area contributed by atoms with Gasteiger partial charge < -0.3 is 15.3 Å². The standard InChI is InChI=1S/C15H23BrN2O/c1-2-17-10-12-9-13(16)6-7-15(12)18-8-4-3-5-14(18)11-19/h6-7,9,14,17,19H,2-5,8,10-11H2,1H3. The zero-order valence-electron chi connectivity index (χ0n) is 11.5. The van der Waals surface area contributed by atoms with Crippen LogP contribution in [0.5, 0.6) is 0 Å². The highest BCUT2D eigenvalue weighted by Gasteiger charge is 2.23. The summed E-state index contributed by atoms with van der Waals surface area (Å²) >= 11 is 3.55. The maximum absolute atomic E-state index is 9.58. The Hall–Kier alpha value is -0.580. The normalized spacial score (nSPS) is 19.7. The molecule has 0 saturated carbocycles. The Morgan fingerprint density at radius 3 is 3.00 bits per heavy atom. The molecule has 1 aliphatic rings. The van der Waals surface area contributed by atoms with Crippen molar-refractivity contribution in [2.45, 2.75) is 38.8 Å². The number of hydrogen-bond donors (Lipinski definition) is 2. The lowest BCUT2D eigenvalue weighted by atomic mass is 10.00. The molecule has 0 amide bonds. The SMILES string of the molecule is CCNCc1cc(Br)ccc1N1CCCCC1CO. The van der Waals surface area contributed by atoms with E-state index in [1.807, 2.05) is 0 Å². The van der Waals surface area contributed by atoms with Crippen molar-refractivity contribution in [2.24, 2.45) is 0 Å². The molecule has 2 rings (SSSR count). The minimum atomic E-state index is 0.247. The molecule has 0 radical (unpaired) electrons. The quantitative estimate of drug-likeness (QED) is 0.873. The molecule has 1 fully saturated rings. The number of hydrogen-bond acceptors (Lipinski definition) is 3. The average Bonchev–Trinajstić information content (AvgIpc) is 2.45. The smallest absolute Gasteiger partial charge is 0.0635 e. The number of nitrogens with one attached hydrogen (secondary N) is 1. The summed E-state index contributed by atoms with van der Waals surface area (Å²) in [4.78, 5) is 2.38. The molecule has 1 atom stereocenters. The summed E-state index contributed by atoms with van der Waals surface area (Å²) in [6.07, 6.45) is 3.53. The van der Waals surface area contributed by atoms with Crippen LogP contribution < -0.4 is 10.2 Å². The lowest BCUT2D eigenvalue weighted by molar-refractivity contribution is 0.240. The van der Waals surface area contributed by atoms with Gasteiger partial charge in [0.25, 0.3) is 0 Å². The Bertz CT molecular complexity index is 411. The topological polar surface area (TPSA) is 35.5 Å². The average molecular weight is 327 g/mol. The molecule has 1 aromatic rings. The van der Waals surface area contributed by atoms with Crippen molar-refractivity contribution < 1.29 is 5.11 Å². The van der Waals surface area contributed by atoms with Gasteiger partial charge >= 0.3 is 0 Å². The minimum Gasteiger partial charge on any atom is -0.394 e. The van der Waals surface area contributed by atoms with Crippen LogP contribution in [0.25, 0.3) is 0 Å². The number of benzene rings is 1. The van der Waals surface area contributed by atoms with Crippen molar-refractivity contribution in [3.63, 3.8) is 0 Å². The van der Waals surface area contributed by atoms with Crippen LogP contribution in [0.15, 0.2) is 22.7 Å². The van der Waals surface area contributed by atoms with Gasteiger partial charge in [0.05, 0.1) is 12.6 Å². The first-order chi connectivity index (χ1) is 9.26. The first kappa shape index (κ1) is 14.8. The van der Waals surface area contributed by atoms with Crippen molar-refractivity contribution in [2.75, 3.05) is 24.6 Å². The number of anilines is 1. The van der Waals surface area contributed by atoms with Crippen molar-refractivity contribution >= 4 is 21.6 Å². The van der Waals surface area contributed by atoms with Crippen molar-refractivity contribution in [1.82, 2.24) is 5.32 Å². The Morgan fingerprint density at radius 2 is 2.26 bits per heavy atom. The van der Waals surface area contributed by atoms with E-state index < -0.39 is 0 Å². The molecule has 1 aromatic carbocycles. The summed E-state index contributed by atoms with van der Waals surface area (Å²) in [5.74, 6) is 0. The molecule has 4 heteroatoms. The maximum atomic E-state index is 9.58. The molecule has 19 heavy (non-hydrogen) atoms. The zero-order chi connectivity index (χ0) is 13.7. The lowest BCUT2D eigenvalue weighted by Gasteiger charge is -2.37.